The van der Waals surface area contributed by atoms with Crippen molar-refractivity contribution in [1.29, 1.82) is 0 Å². The Balaban J connectivity index is 2.46. The fourth-order valence-corrected chi connectivity index (χ4v) is 1.83. The Labute approximate surface area is 129 Å². The van der Waals surface area contributed by atoms with Crippen molar-refractivity contribution in [3.8, 4) is 0 Å². The summed E-state index contributed by atoms with van der Waals surface area (Å²) in [5.74, 6) is -11.3. The van der Waals surface area contributed by atoms with Crippen LogP contribution in [0.25, 0.3) is 0 Å². The minimum atomic E-state index is -5.65. The first-order valence-electron chi connectivity index (χ1n) is 6.35. The van der Waals surface area contributed by atoms with Crippen molar-refractivity contribution >= 4 is 11.6 Å². The van der Waals surface area contributed by atoms with Crippen molar-refractivity contribution in [3.63, 3.8) is 0 Å². The Kier molecular flexibility index (Phi) is 4.54. The van der Waals surface area contributed by atoms with Gasteiger partial charge in [0.05, 0.1) is 0 Å². The van der Waals surface area contributed by atoms with E-state index in [0.717, 1.165) is 6.07 Å². The topological polar surface area (TPSA) is 46.9 Å². The summed E-state index contributed by atoms with van der Waals surface area (Å²) in [7, 11) is 0. The second-order valence-corrected chi connectivity index (χ2v) is 4.51. The van der Waals surface area contributed by atoms with Gasteiger partial charge >= 0.3 is 6.18 Å². The van der Waals surface area contributed by atoms with E-state index in [-0.39, 0.29) is 5.69 Å². The molecule has 0 aliphatic heterocycles. The molecular formula is C13H8F7N3O. The van der Waals surface area contributed by atoms with E-state index in [1.54, 1.807) is 6.92 Å². The predicted molar refractivity (Wildman–Crippen MR) is 67.1 cm³/mol. The molecule has 1 heterocycles. The molecule has 2 aromatic rings. The van der Waals surface area contributed by atoms with Crippen LogP contribution in [0.5, 0.6) is 0 Å². The largest absolute Gasteiger partial charge is 0.422 e. The fourth-order valence-electron chi connectivity index (χ4n) is 1.83. The van der Waals surface area contributed by atoms with Crippen molar-refractivity contribution in [1.82, 2.24) is 9.78 Å². The minimum Gasteiger partial charge on any atom is -0.315 e. The van der Waals surface area contributed by atoms with Gasteiger partial charge in [0, 0.05) is 12.7 Å². The normalized spacial score (nSPS) is 11.7. The van der Waals surface area contributed by atoms with Gasteiger partial charge in [0.25, 0.3) is 5.91 Å². The molecule has 0 atom stereocenters. The number of nitrogens with zero attached hydrogens (tertiary/aromatic N) is 2. The molecule has 0 aliphatic rings. The molecule has 0 saturated carbocycles. The van der Waals surface area contributed by atoms with E-state index in [1.165, 1.54) is 16.2 Å². The van der Waals surface area contributed by atoms with Gasteiger partial charge in [-0.2, -0.15) is 18.3 Å². The molecule has 4 nitrogen and oxygen atoms in total. The third-order valence-electron chi connectivity index (χ3n) is 2.98. The average molecular weight is 355 g/mol. The Hall–Kier alpha value is -2.59. The number of hydrogen-bond acceptors (Lipinski definition) is 2. The van der Waals surface area contributed by atoms with E-state index >= 15 is 0 Å². The van der Waals surface area contributed by atoms with E-state index in [1.807, 2.05) is 0 Å². The molecule has 0 fully saturated rings. The maximum absolute atomic E-state index is 13.7. The molecule has 0 radical (unpaired) electrons. The van der Waals surface area contributed by atoms with Gasteiger partial charge in [0.1, 0.15) is 11.3 Å². The molecule has 0 bridgehead atoms. The molecule has 1 aromatic heterocycles. The number of aryl methyl sites for hydroxylation is 1. The van der Waals surface area contributed by atoms with Gasteiger partial charge in [0.2, 0.25) is 0 Å². The maximum Gasteiger partial charge on any atom is 0.422 e. The van der Waals surface area contributed by atoms with Crippen LogP contribution < -0.4 is 5.32 Å². The zero-order valence-electron chi connectivity index (χ0n) is 11.8. The van der Waals surface area contributed by atoms with Crippen molar-refractivity contribution < 1.29 is 35.5 Å². The maximum atomic E-state index is 13.7. The molecule has 0 unspecified atom stereocenters. The summed E-state index contributed by atoms with van der Waals surface area (Å²) in [4.78, 5) is 11.8. The van der Waals surface area contributed by atoms with Crippen LogP contribution in [0.2, 0.25) is 0 Å². The molecule has 11 heteroatoms. The Morgan fingerprint density at radius 1 is 1.12 bits per heavy atom. The zero-order chi connectivity index (χ0) is 18.2. The second-order valence-electron chi connectivity index (χ2n) is 4.51. The third kappa shape index (κ3) is 3.05. The van der Waals surface area contributed by atoms with Gasteiger partial charge < -0.3 is 5.32 Å². The number of nitrogens with one attached hydrogen (secondary N) is 1. The van der Waals surface area contributed by atoms with Crippen molar-refractivity contribution in [2.75, 3.05) is 5.32 Å². The highest BCUT2D eigenvalue weighted by atomic mass is 19.4. The number of alkyl halides is 3. The van der Waals surface area contributed by atoms with E-state index in [9.17, 15) is 35.5 Å². The van der Waals surface area contributed by atoms with E-state index in [0.29, 0.717) is 6.54 Å². The fraction of sp³-hybridized carbons (Fsp3) is 0.231. The second kappa shape index (κ2) is 6.13. The van der Waals surface area contributed by atoms with Gasteiger partial charge in [-0.25, -0.2) is 17.6 Å². The number of rotatable bonds is 3. The van der Waals surface area contributed by atoms with E-state index in [2.05, 4.69) is 5.10 Å². The van der Waals surface area contributed by atoms with Crippen LogP contribution in [0, 0.1) is 23.3 Å². The smallest absolute Gasteiger partial charge is 0.315 e. The van der Waals surface area contributed by atoms with Crippen LogP contribution in [0.3, 0.4) is 0 Å². The van der Waals surface area contributed by atoms with Crippen LogP contribution >= 0.6 is 0 Å². The van der Waals surface area contributed by atoms with Gasteiger partial charge in [0.15, 0.2) is 29.0 Å². The first-order valence-corrected chi connectivity index (χ1v) is 6.35. The van der Waals surface area contributed by atoms with Crippen LogP contribution in [0.15, 0.2) is 12.3 Å². The Morgan fingerprint density at radius 3 is 2.08 bits per heavy atom. The highest BCUT2D eigenvalue weighted by Crippen LogP contribution is 2.38. The summed E-state index contributed by atoms with van der Waals surface area (Å²) in [5.41, 5.74) is -4.74. The Morgan fingerprint density at radius 2 is 1.67 bits per heavy atom. The quantitative estimate of drug-likeness (QED) is 0.674. The number of aromatic nitrogens is 2. The lowest BCUT2D eigenvalue weighted by Crippen LogP contribution is -2.20. The summed E-state index contributed by atoms with van der Waals surface area (Å²) < 4.78 is 92.8. The number of hydrogen-bond donors (Lipinski definition) is 1. The summed E-state index contributed by atoms with van der Waals surface area (Å²) in [6.07, 6.45) is -4.31. The summed E-state index contributed by atoms with van der Waals surface area (Å²) in [6, 6.07) is 1.14. The number of carbonyl (C=O) groups is 1. The lowest BCUT2D eigenvalue weighted by Gasteiger charge is -2.14. The van der Waals surface area contributed by atoms with Gasteiger partial charge in [-0.05, 0) is 13.0 Å². The molecular weight excluding hydrogens is 347 g/mol. The molecule has 130 valence electrons. The molecule has 0 aliphatic carbocycles. The molecule has 2 rings (SSSR count). The van der Waals surface area contributed by atoms with E-state index in [4.69, 9.17) is 0 Å². The van der Waals surface area contributed by atoms with Crippen LogP contribution in [-0.4, -0.2) is 15.7 Å². The van der Waals surface area contributed by atoms with Crippen molar-refractivity contribution in [3.05, 3.63) is 46.8 Å². The molecule has 1 amide bonds. The molecule has 1 aromatic carbocycles. The number of amides is 1. The number of halogens is 7. The molecule has 24 heavy (non-hydrogen) atoms. The molecule has 1 N–H and O–H groups in total. The molecule has 0 spiro atoms. The van der Waals surface area contributed by atoms with Crippen LogP contribution in [0.4, 0.5) is 36.4 Å². The lowest BCUT2D eigenvalue weighted by molar-refractivity contribution is -0.143. The number of carbonyl (C=O) groups excluding carboxylic acids is 1. The summed E-state index contributed by atoms with van der Waals surface area (Å²) in [5, 5.41) is 5.16. The standard InChI is InChI=1S/C13H8F7N3O/c1-2-23-4-3-5(22-23)12(24)21-11-9(16)7(14)6(13(18,19)20)8(15)10(11)17/h3-4H,2H2,1H3,(H,21,24). The van der Waals surface area contributed by atoms with Gasteiger partial charge in [-0.3, -0.25) is 9.48 Å². The van der Waals surface area contributed by atoms with Crippen molar-refractivity contribution in [2.45, 2.75) is 19.6 Å². The minimum absolute atomic E-state index is 0.351. The highest BCUT2D eigenvalue weighted by Gasteiger charge is 2.42. The van der Waals surface area contributed by atoms with E-state index < -0.39 is 46.6 Å². The predicted octanol–water partition coefficient (Wildman–Crippen LogP) is 3.73. The average Bonchev–Trinajstić information content (AvgIpc) is 2.97. The number of anilines is 1. The molecule has 0 saturated heterocycles. The first kappa shape index (κ1) is 17.8. The Bertz CT molecular complexity index is 769. The zero-order valence-corrected chi connectivity index (χ0v) is 11.8. The number of benzene rings is 1. The van der Waals surface area contributed by atoms with Gasteiger partial charge in [-0.15, -0.1) is 0 Å². The van der Waals surface area contributed by atoms with Gasteiger partial charge in [-0.1, -0.05) is 0 Å². The summed E-state index contributed by atoms with van der Waals surface area (Å²) >= 11 is 0. The monoisotopic (exact) mass is 355 g/mol. The third-order valence-corrected chi connectivity index (χ3v) is 2.98. The summed E-state index contributed by atoms with van der Waals surface area (Å²) in [6.45, 7) is 2.04. The first-order chi connectivity index (χ1) is 11.1. The highest BCUT2D eigenvalue weighted by molar-refractivity contribution is 6.03. The SMILES string of the molecule is CCn1ccc(C(=O)Nc2c(F)c(F)c(C(F)(F)F)c(F)c2F)n1. The van der Waals surface area contributed by atoms with Crippen LogP contribution in [0.1, 0.15) is 23.0 Å². The van der Waals surface area contributed by atoms with Crippen LogP contribution in [-0.2, 0) is 12.7 Å². The lowest BCUT2D eigenvalue weighted by atomic mass is 10.1. The van der Waals surface area contributed by atoms with Crippen molar-refractivity contribution in [2.24, 2.45) is 0 Å².